The standard InChI is InChI=1S/C24H32N2O2S/c1-5-21(23(28)25-24(2,3)4)26(16-19-12-8-6-9-13-19)22(27)18-29-17-20-14-10-7-11-15-20/h6-15,21H,5,16-18H2,1-4H3,(H,25,28)/t21-/m1/s1. The average Bonchev–Trinajstić information content (AvgIpc) is 2.68. The van der Waals surface area contributed by atoms with Gasteiger partial charge in [-0.15, -0.1) is 11.8 Å². The van der Waals surface area contributed by atoms with E-state index in [2.05, 4.69) is 17.4 Å². The molecule has 2 aromatic rings. The lowest BCUT2D eigenvalue weighted by atomic mass is 10.1. The molecule has 156 valence electrons. The van der Waals surface area contributed by atoms with E-state index < -0.39 is 6.04 Å². The number of amides is 2. The van der Waals surface area contributed by atoms with Crippen LogP contribution in [-0.2, 0) is 21.9 Å². The van der Waals surface area contributed by atoms with E-state index in [1.807, 2.05) is 76.2 Å². The molecule has 4 nitrogen and oxygen atoms in total. The summed E-state index contributed by atoms with van der Waals surface area (Å²) in [4.78, 5) is 27.8. The van der Waals surface area contributed by atoms with Gasteiger partial charge in [0.25, 0.3) is 0 Å². The fourth-order valence-corrected chi connectivity index (χ4v) is 3.94. The van der Waals surface area contributed by atoms with Crippen molar-refractivity contribution in [1.82, 2.24) is 10.2 Å². The molecule has 0 spiro atoms. The molecule has 0 saturated carbocycles. The van der Waals surface area contributed by atoms with E-state index in [1.54, 1.807) is 16.7 Å². The second kappa shape index (κ2) is 11.1. The minimum atomic E-state index is -0.487. The lowest BCUT2D eigenvalue weighted by Gasteiger charge is -2.33. The molecule has 1 atom stereocenters. The van der Waals surface area contributed by atoms with Gasteiger partial charge in [0.05, 0.1) is 5.75 Å². The van der Waals surface area contributed by atoms with Crippen LogP contribution in [0.3, 0.4) is 0 Å². The summed E-state index contributed by atoms with van der Waals surface area (Å²) in [5.41, 5.74) is 1.88. The molecule has 29 heavy (non-hydrogen) atoms. The summed E-state index contributed by atoms with van der Waals surface area (Å²) in [5, 5.41) is 3.03. The van der Waals surface area contributed by atoms with Crippen LogP contribution in [0.2, 0.25) is 0 Å². The van der Waals surface area contributed by atoms with Crippen LogP contribution < -0.4 is 5.32 Å². The molecule has 0 bridgehead atoms. The Morgan fingerprint density at radius 1 is 0.966 bits per heavy atom. The van der Waals surface area contributed by atoms with Crippen molar-refractivity contribution in [1.29, 1.82) is 0 Å². The first-order chi connectivity index (χ1) is 13.8. The summed E-state index contributed by atoms with van der Waals surface area (Å²) < 4.78 is 0. The molecule has 0 saturated heterocycles. The van der Waals surface area contributed by atoms with Gasteiger partial charge in [-0.3, -0.25) is 9.59 Å². The first-order valence-corrected chi connectivity index (χ1v) is 11.2. The predicted molar refractivity (Wildman–Crippen MR) is 122 cm³/mol. The highest BCUT2D eigenvalue weighted by molar-refractivity contribution is 7.99. The third-order valence-corrected chi connectivity index (χ3v) is 5.41. The summed E-state index contributed by atoms with van der Waals surface area (Å²) >= 11 is 1.58. The van der Waals surface area contributed by atoms with E-state index in [1.165, 1.54) is 5.56 Å². The SMILES string of the molecule is CC[C@H](C(=O)NC(C)(C)C)N(Cc1ccccc1)C(=O)CSCc1ccccc1. The highest BCUT2D eigenvalue weighted by Gasteiger charge is 2.30. The van der Waals surface area contributed by atoms with Gasteiger partial charge in [0.1, 0.15) is 6.04 Å². The molecular formula is C24H32N2O2S. The third kappa shape index (κ3) is 7.94. The molecule has 0 unspecified atom stereocenters. The van der Waals surface area contributed by atoms with Crippen molar-refractivity contribution in [2.24, 2.45) is 0 Å². The number of hydrogen-bond donors (Lipinski definition) is 1. The van der Waals surface area contributed by atoms with Crippen LogP contribution in [0.1, 0.15) is 45.2 Å². The Hall–Kier alpha value is -2.27. The average molecular weight is 413 g/mol. The van der Waals surface area contributed by atoms with Crippen LogP contribution in [0.25, 0.3) is 0 Å². The molecule has 0 fully saturated rings. The van der Waals surface area contributed by atoms with E-state index in [0.29, 0.717) is 18.7 Å². The van der Waals surface area contributed by atoms with Gasteiger partial charge < -0.3 is 10.2 Å². The van der Waals surface area contributed by atoms with Crippen molar-refractivity contribution < 1.29 is 9.59 Å². The smallest absolute Gasteiger partial charge is 0.243 e. The van der Waals surface area contributed by atoms with Gasteiger partial charge in [-0.05, 0) is 38.3 Å². The molecule has 0 heterocycles. The Balaban J connectivity index is 2.11. The van der Waals surface area contributed by atoms with Crippen molar-refractivity contribution in [3.8, 4) is 0 Å². The Labute approximate surface area is 179 Å². The van der Waals surface area contributed by atoms with Crippen LogP contribution in [-0.4, -0.2) is 34.0 Å². The van der Waals surface area contributed by atoms with Gasteiger partial charge in [0.2, 0.25) is 11.8 Å². The van der Waals surface area contributed by atoms with Crippen molar-refractivity contribution in [2.45, 2.75) is 58.0 Å². The number of nitrogens with zero attached hydrogens (tertiary/aromatic N) is 1. The minimum Gasteiger partial charge on any atom is -0.350 e. The third-order valence-electron chi connectivity index (χ3n) is 4.42. The topological polar surface area (TPSA) is 49.4 Å². The number of carbonyl (C=O) groups excluding carboxylic acids is 2. The number of hydrogen-bond acceptors (Lipinski definition) is 3. The van der Waals surface area contributed by atoms with Crippen molar-refractivity contribution >= 4 is 23.6 Å². The van der Waals surface area contributed by atoms with Crippen LogP contribution >= 0.6 is 11.8 Å². The van der Waals surface area contributed by atoms with E-state index in [0.717, 1.165) is 11.3 Å². The molecule has 1 N–H and O–H groups in total. The fourth-order valence-electron chi connectivity index (χ4n) is 3.07. The van der Waals surface area contributed by atoms with Gasteiger partial charge >= 0.3 is 0 Å². The number of thioether (sulfide) groups is 1. The summed E-state index contributed by atoms with van der Waals surface area (Å²) in [7, 11) is 0. The van der Waals surface area contributed by atoms with Crippen LogP contribution in [0, 0.1) is 0 Å². The summed E-state index contributed by atoms with van der Waals surface area (Å²) in [6.45, 7) is 8.25. The largest absolute Gasteiger partial charge is 0.350 e. The van der Waals surface area contributed by atoms with Crippen molar-refractivity contribution in [2.75, 3.05) is 5.75 Å². The maximum atomic E-state index is 13.1. The Bertz CT molecular complexity index is 772. The number of nitrogens with one attached hydrogen (secondary N) is 1. The normalized spacial score (nSPS) is 12.3. The van der Waals surface area contributed by atoms with Gasteiger partial charge in [-0.2, -0.15) is 0 Å². The van der Waals surface area contributed by atoms with Gasteiger partial charge in [0, 0.05) is 17.8 Å². The van der Waals surface area contributed by atoms with E-state index >= 15 is 0 Å². The number of carbonyl (C=O) groups is 2. The summed E-state index contributed by atoms with van der Waals surface area (Å²) in [5.74, 6) is 1.01. The highest BCUT2D eigenvalue weighted by Crippen LogP contribution is 2.17. The minimum absolute atomic E-state index is 0.00862. The zero-order chi connectivity index (χ0) is 21.3. The zero-order valence-electron chi connectivity index (χ0n) is 17.9. The van der Waals surface area contributed by atoms with E-state index in [4.69, 9.17) is 0 Å². The Kier molecular flexibility index (Phi) is 8.77. The molecule has 2 rings (SSSR count). The first-order valence-electron chi connectivity index (χ1n) is 10.1. The van der Waals surface area contributed by atoms with Crippen LogP contribution in [0.4, 0.5) is 0 Å². The van der Waals surface area contributed by atoms with E-state index in [-0.39, 0.29) is 17.4 Å². The lowest BCUT2D eigenvalue weighted by Crippen LogP contribution is -2.53. The van der Waals surface area contributed by atoms with Crippen molar-refractivity contribution in [3.63, 3.8) is 0 Å². The molecule has 0 aliphatic rings. The lowest BCUT2D eigenvalue weighted by molar-refractivity contribution is -0.140. The molecule has 0 aromatic heterocycles. The highest BCUT2D eigenvalue weighted by atomic mass is 32.2. The quantitative estimate of drug-likeness (QED) is 0.653. The second-order valence-electron chi connectivity index (χ2n) is 8.15. The summed E-state index contributed by atoms with van der Waals surface area (Å²) in [6.07, 6.45) is 0.573. The number of rotatable bonds is 9. The molecule has 0 radical (unpaired) electrons. The van der Waals surface area contributed by atoms with E-state index in [9.17, 15) is 9.59 Å². The van der Waals surface area contributed by atoms with Gasteiger partial charge in [-0.1, -0.05) is 67.6 Å². The van der Waals surface area contributed by atoms with Crippen LogP contribution in [0.15, 0.2) is 60.7 Å². The van der Waals surface area contributed by atoms with Gasteiger partial charge in [-0.25, -0.2) is 0 Å². The fraction of sp³-hybridized carbons (Fsp3) is 0.417. The molecule has 0 aliphatic heterocycles. The Morgan fingerprint density at radius 2 is 1.52 bits per heavy atom. The molecule has 2 aromatic carbocycles. The maximum Gasteiger partial charge on any atom is 0.243 e. The van der Waals surface area contributed by atoms with Gasteiger partial charge in [0.15, 0.2) is 0 Å². The molecule has 2 amide bonds. The predicted octanol–water partition coefficient (Wildman–Crippen LogP) is 4.64. The molecule has 0 aliphatic carbocycles. The Morgan fingerprint density at radius 3 is 2.03 bits per heavy atom. The monoisotopic (exact) mass is 412 g/mol. The summed E-state index contributed by atoms with van der Waals surface area (Å²) in [6, 6.07) is 19.5. The van der Waals surface area contributed by atoms with Crippen molar-refractivity contribution in [3.05, 3.63) is 71.8 Å². The molecular weight excluding hydrogens is 380 g/mol. The molecule has 5 heteroatoms. The maximum absolute atomic E-state index is 13.1. The number of benzene rings is 2. The zero-order valence-corrected chi connectivity index (χ0v) is 18.7. The first kappa shape index (κ1) is 23.0. The van der Waals surface area contributed by atoms with Crippen LogP contribution in [0.5, 0.6) is 0 Å². The second-order valence-corrected chi connectivity index (χ2v) is 9.13.